The van der Waals surface area contributed by atoms with Crippen LogP contribution in [0.1, 0.15) is 12.8 Å². The number of rotatable bonds is 0. The Labute approximate surface area is 63.6 Å². The van der Waals surface area contributed by atoms with E-state index < -0.39 is 0 Å². The molecule has 0 saturated carbocycles. The van der Waals surface area contributed by atoms with E-state index in [0.29, 0.717) is 0 Å². The van der Waals surface area contributed by atoms with Gasteiger partial charge in [-0.1, -0.05) is 22.6 Å². The van der Waals surface area contributed by atoms with Crippen molar-refractivity contribution in [2.75, 3.05) is 16.4 Å². The van der Waals surface area contributed by atoms with Crippen LogP contribution in [0.5, 0.6) is 0 Å². The topological polar surface area (TPSA) is 0 Å². The summed E-state index contributed by atoms with van der Waals surface area (Å²) in [5, 5.41) is 0. The highest BCUT2D eigenvalue weighted by Crippen LogP contribution is 2.14. The molecule has 0 amide bonds. The smallest absolute Gasteiger partial charge is 0.00672 e. The van der Waals surface area contributed by atoms with Crippen LogP contribution in [0.2, 0.25) is 0 Å². The summed E-state index contributed by atoms with van der Waals surface area (Å²) >= 11 is 4.22. The number of hydrogen-bond acceptors (Lipinski definition) is 1. The Kier molecular flexibility index (Phi) is 8.17. The molecule has 1 aliphatic heterocycles. The van der Waals surface area contributed by atoms with E-state index in [9.17, 15) is 0 Å². The van der Waals surface area contributed by atoms with Crippen molar-refractivity contribution in [3.05, 3.63) is 0 Å². The van der Waals surface area contributed by atoms with Crippen molar-refractivity contribution < 1.29 is 0 Å². The second kappa shape index (κ2) is 7.08. The van der Waals surface area contributed by atoms with Gasteiger partial charge in [-0.15, -0.1) is 0 Å². The van der Waals surface area contributed by atoms with Gasteiger partial charge in [-0.25, -0.2) is 0 Å². The van der Waals surface area contributed by atoms with Crippen LogP contribution < -0.4 is 0 Å². The molecule has 1 rings (SSSR count). The maximum absolute atomic E-state index is 2.15. The van der Waals surface area contributed by atoms with Gasteiger partial charge in [0.2, 0.25) is 0 Å². The van der Waals surface area contributed by atoms with Crippen molar-refractivity contribution in [2.24, 2.45) is 0 Å². The lowest BCUT2D eigenvalue weighted by atomic mass is 10.4. The van der Waals surface area contributed by atoms with Gasteiger partial charge in [0, 0.05) is 0 Å². The van der Waals surface area contributed by atoms with E-state index in [0.717, 1.165) is 0 Å². The van der Waals surface area contributed by atoms with Crippen LogP contribution in [0.25, 0.3) is 0 Å². The Bertz CT molecular complexity index is 19.7. The summed E-state index contributed by atoms with van der Waals surface area (Å²) in [5.41, 5.74) is 0. The zero-order valence-electron chi connectivity index (χ0n) is 4.61. The first-order valence-electron chi connectivity index (χ1n) is 2.46. The lowest BCUT2D eigenvalue weighted by Gasteiger charge is -1.69. The maximum Gasteiger partial charge on any atom is -0.00672 e. The number of hydrogen-bond donors (Lipinski definition) is 0. The monoisotopic (exact) mass is 230 g/mol. The Morgan fingerprint density at radius 2 is 1.57 bits per heavy atom. The minimum absolute atomic E-state index is 1.42. The Balaban J connectivity index is 0.000000162. The fourth-order valence-corrected chi connectivity index (χ4v) is 1.53. The first kappa shape index (κ1) is 8.08. The third-order valence-electron chi connectivity index (χ3n) is 0.827. The van der Waals surface area contributed by atoms with Crippen LogP contribution in [0, 0.1) is 0 Å². The predicted molar refractivity (Wildman–Crippen MR) is 46.5 cm³/mol. The van der Waals surface area contributed by atoms with Gasteiger partial charge in [-0.3, -0.25) is 0 Å². The van der Waals surface area contributed by atoms with Crippen LogP contribution in [0.3, 0.4) is 0 Å². The maximum atomic E-state index is 2.15. The van der Waals surface area contributed by atoms with Crippen LogP contribution in [0.4, 0.5) is 0 Å². The molecule has 0 aromatic carbocycles. The second-order valence-corrected chi connectivity index (χ2v) is 2.54. The van der Waals surface area contributed by atoms with Crippen molar-refractivity contribution in [3.63, 3.8) is 0 Å². The number of alkyl halides is 1. The highest BCUT2D eigenvalue weighted by atomic mass is 127. The summed E-state index contributed by atoms with van der Waals surface area (Å²) in [4.78, 5) is 1.97. The minimum Gasteiger partial charge on any atom is -0.162 e. The largest absolute Gasteiger partial charge is 0.162 e. The fraction of sp³-hybridized carbons (Fsp3) is 1.00. The van der Waals surface area contributed by atoms with E-state index in [2.05, 4.69) is 34.4 Å². The molecule has 0 atom stereocenters. The van der Waals surface area contributed by atoms with Crippen LogP contribution >= 0.6 is 34.4 Å². The molecule has 0 aromatic rings. The molecule has 2 heteroatoms. The van der Waals surface area contributed by atoms with Crippen molar-refractivity contribution in [3.8, 4) is 0 Å². The second-order valence-electron chi connectivity index (χ2n) is 1.32. The molecule has 0 aliphatic carbocycles. The van der Waals surface area contributed by atoms with E-state index >= 15 is 0 Å². The van der Waals surface area contributed by atoms with Gasteiger partial charge in [0.25, 0.3) is 0 Å². The molecule has 1 heterocycles. The molecule has 0 spiro atoms. The van der Waals surface area contributed by atoms with Gasteiger partial charge in [-0.2, -0.15) is 11.8 Å². The van der Waals surface area contributed by atoms with Crippen LogP contribution in [-0.4, -0.2) is 16.4 Å². The van der Waals surface area contributed by atoms with Crippen LogP contribution in [0.15, 0.2) is 0 Å². The molecule has 0 bridgehead atoms. The van der Waals surface area contributed by atoms with E-state index in [4.69, 9.17) is 0 Å². The highest BCUT2D eigenvalue weighted by molar-refractivity contribution is 14.1. The molecule has 44 valence electrons. The van der Waals surface area contributed by atoms with E-state index in [1.54, 1.807) is 0 Å². The van der Waals surface area contributed by atoms with Crippen LogP contribution in [-0.2, 0) is 0 Å². The lowest BCUT2D eigenvalue weighted by molar-refractivity contribution is 0.949. The molecule has 1 aliphatic rings. The third-order valence-corrected chi connectivity index (χ3v) is 1.98. The fourth-order valence-electron chi connectivity index (χ4n) is 0.510. The van der Waals surface area contributed by atoms with Crippen molar-refractivity contribution in [1.29, 1.82) is 0 Å². The van der Waals surface area contributed by atoms with Gasteiger partial charge in [0.15, 0.2) is 0 Å². The number of thioether (sulfide) groups is 1. The molecular formula is C5H11IS. The Hall–Kier alpha value is 1.08. The third kappa shape index (κ3) is 4.94. The molecule has 0 radical (unpaired) electrons. The zero-order valence-corrected chi connectivity index (χ0v) is 7.59. The van der Waals surface area contributed by atoms with Crippen molar-refractivity contribution in [2.45, 2.75) is 12.8 Å². The first-order chi connectivity index (χ1) is 3.50. The standard InChI is InChI=1S/C4H8S.CH3I/c1-2-4-5-3-1;1-2/h1-4H2;1H3. The van der Waals surface area contributed by atoms with E-state index in [1.165, 1.54) is 24.3 Å². The summed E-state index contributed by atoms with van der Waals surface area (Å²) in [6.45, 7) is 0. The quantitative estimate of drug-likeness (QED) is 0.455. The predicted octanol–water partition coefficient (Wildman–Crippen LogP) is 2.56. The van der Waals surface area contributed by atoms with Gasteiger partial charge < -0.3 is 0 Å². The average molecular weight is 230 g/mol. The van der Waals surface area contributed by atoms with Gasteiger partial charge in [0.05, 0.1) is 0 Å². The summed E-state index contributed by atoms with van der Waals surface area (Å²) in [6.07, 6.45) is 2.93. The Morgan fingerprint density at radius 1 is 1.14 bits per heavy atom. The summed E-state index contributed by atoms with van der Waals surface area (Å²) in [5.74, 6) is 2.83. The Morgan fingerprint density at radius 3 is 1.71 bits per heavy atom. The zero-order chi connectivity index (χ0) is 5.54. The summed E-state index contributed by atoms with van der Waals surface area (Å²) in [7, 11) is 0. The highest BCUT2D eigenvalue weighted by Gasteiger charge is 1.95. The molecule has 0 unspecified atom stereocenters. The molecular weight excluding hydrogens is 219 g/mol. The molecule has 0 nitrogen and oxygen atoms in total. The average Bonchev–Trinajstić information content (AvgIpc) is 2.23. The van der Waals surface area contributed by atoms with Crippen molar-refractivity contribution in [1.82, 2.24) is 0 Å². The van der Waals surface area contributed by atoms with Crippen molar-refractivity contribution >= 4 is 34.4 Å². The van der Waals surface area contributed by atoms with Gasteiger partial charge in [0.1, 0.15) is 0 Å². The summed E-state index contributed by atoms with van der Waals surface area (Å²) < 4.78 is 0. The first-order valence-corrected chi connectivity index (χ1v) is 5.77. The molecule has 7 heavy (non-hydrogen) atoms. The molecule has 0 aromatic heterocycles. The van der Waals surface area contributed by atoms with Gasteiger partial charge in [-0.05, 0) is 29.3 Å². The molecule has 0 N–H and O–H groups in total. The lowest BCUT2D eigenvalue weighted by Crippen LogP contribution is -1.58. The SMILES string of the molecule is C1CCSC1.CI. The summed E-state index contributed by atoms with van der Waals surface area (Å²) in [6, 6.07) is 0. The molecule has 1 fully saturated rings. The van der Waals surface area contributed by atoms with Gasteiger partial charge >= 0.3 is 0 Å². The molecule has 1 saturated heterocycles. The number of halogens is 1. The van der Waals surface area contributed by atoms with E-state index in [1.807, 2.05) is 4.93 Å². The van der Waals surface area contributed by atoms with E-state index in [-0.39, 0.29) is 0 Å². The normalized spacial score (nSPS) is 18.0. The minimum atomic E-state index is 1.42.